The average molecular weight is 250 g/mol. The largest absolute Gasteiger partial charge is 0.498 e. The molecule has 1 aromatic rings. The van der Waals surface area contributed by atoms with Gasteiger partial charge in [-0.3, -0.25) is 0 Å². The molecular weight excluding hydrogens is 231 g/mol. The van der Waals surface area contributed by atoms with Gasteiger partial charge in [0.1, 0.15) is 6.10 Å². The summed E-state index contributed by atoms with van der Waals surface area (Å²) in [6.07, 6.45) is 2.60. The summed E-state index contributed by atoms with van der Waals surface area (Å²) in [6.45, 7) is 9.62. The Kier molecular flexibility index (Phi) is 3.21. The van der Waals surface area contributed by atoms with Crippen molar-refractivity contribution in [2.24, 2.45) is 0 Å². The lowest BCUT2D eigenvalue weighted by atomic mass is 9.81. The van der Waals surface area contributed by atoms with Crippen LogP contribution in [0, 0.1) is 0 Å². The van der Waals surface area contributed by atoms with Gasteiger partial charge in [-0.25, -0.2) is 9.97 Å². The molecule has 1 N–H and O–H groups in total. The number of aliphatic hydroxyl groups is 1. The first-order valence-corrected chi connectivity index (χ1v) is 6.08. The van der Waals surface area contributed by atoms with Crippen molar-refractivity contribution in [3.05, 3.63) is 18.2 Å². The normalized spacial score (nSPS) is 23.1. The van der Waals surface area contributed by atoms with E-state index >= 15 is 0 Å². The van der Waals surface area contributed by atoms with Crippen molar-refractivity contribution in [2.45, 2.75) is 51.9 Å². The molecule has 0 aliphatic carbocycles. The molecule has 1 fully saturated rings. The molecule has 1 aliphatic heterocycles. The standard InChI is InChI=1S/C12H19BN2O3/c1-8(16)10-14-6-9(7-15-10)13-17-11(2,3)12(4,5)18-13/h6-8,16H,1-5H3. The second-order valence-electron chi connectivity index (χ2n) is 5.64. The number of hydrogen-bond donors (Lipinski definition) is 1. The molecule has 2 heterocycles. The van der Waals surface area contributed by atoms with Gasteiger partial charge in [-0.2, -0.15) is 0 Å². The molecule has 18 heavy (non-hydrogen) atoms. The van der Waals surface area contributed by atoms with Gasteiger partial charge >= 0.3 is 7.12 Å². The van der Waals surface area contributed by atoms with E-state index in [2.05, 4.69) is 9.97 Å². The Morgan fingerprint density at radius 1 is 1.11 bits per heavy atom. The maximum absolute atomic E-state index is 9.36. The molecule has 1 unspecified atom stereocenters. The number of rotatable bonds is 2. The Morgan fingerprint density at radius 2 is 1.56 bits per heavy atom. The second kappa shape index (κ2) is 4.29. The van der Waals surface area contributed by atoms with E-state index in [1.54, 1.807) is 19.3 Å². The summed E-state index contributed by atoms with van der Waals surface area (Å²) in [5, 5.41) is 9.36. The SMILES string of the molecule is CC(O)c1ncc(B2OC(C)(C)C(C)(C)O2)cn1. The highest BCUT2D eigenvalue weighted by molar-refractivity contribution is 6.61. The van der Waals surface area contributed by atoms with E-state index in [9.17, 15) is 5.11 Å². The highest BCUT2D eigenvalue weighted by atomic mass is 16.7. The Bertz CT molecular complexity index is 415. The van der Waals surface area contributed by atoms with E-state index in [1.807, 2.05) is 27.7 Å². The van der Waals surface area contributed by atoms with Gasteiger partial charge in [0.2, 0.25) is 0 Å². The van der Waals surface area contributed by atoms with Gasteiger partial charge in [-0.05, 0) is 34.6 Å². The van der Waals surface area contributed by atoms with Crippen LogP contribution >= 0.6 is 0 Å². The molecule has 1 atom stereocenters. The van der Waals surface area contributed by atoms with Crippen LogP contribution in [0.3, 0.4) is 0 Å². The summed E-state index contributed by atoms with van der Waals surface area (Å²) in [7, 11) is -0.460. The summed E-state index contributed by atoms with van der Waals surface area (Å²) in [5.74, 6) is 0.398. The topological polar surface area (TPSA) is 64.5 Å². The summed E-state index contributed by atoms with van der Waals surface area (Å²) in [5.41, 5.74) is 0.0133. The van der Waals surface area contributed by atoms with Gasteiger partial charge in [0.15, 0.2) is 5.82 Å². The molecule has 98 valence electrons. The van der Waals surface area contributed by atoms with Crippen LogP contribution in [0.1, 0.15) is 46.5 Å². The molecule has 0 saturated carbocycles. The molecule has 0 aromatic carbocycles. The van der Waals surface area contributed by atoms with E-state index < -0.39 is 13.2 Å². The highest BCUT2D eigenvalue weighted by Crippen LogP contribution is 2.36. The van der Waals surface area contributed by atoms with Crippen molar-refractivity contribution in [3.8, 4) is 0 Å². The minimum atomic E-state index is -0.669. The van der Waals surface area contributed by atoms with Gasteiger partial charge in [0.25, 0.3) is 0 Å². The van der Waals surface area contributed by atoms with Crippen molar-refractivity contribution in [2.75, 3.05) is 0 Å². The van der Waals surface area contributed by atoms with E-state index in [0.717, 1.165) is 5.46 Å². The summed E-state index contributed by atoms with van der Waals surface area (Å²) in [6, 6.07) is 0. The molecule has 1 aliphatic rings. The third-order valence-electron chi connectivity index (χ3n) is 3.59. The van der Waals surface area contributed by atoms with E-state index in [0.29, 0.717) is 5.82 Å². The van der Waals surface area contributed by atoms with Crippen LogP contribution in [0.4, 0.5) is 0 Å². The van der Waals surface area contributed by atoms with Crippen LogP contribution in [0.25, 0.3) is 0 Å². The number of hydrogen-bond acceptors (Lipinski definition) is 5. The first-order chi connectivity index (χ1) is 8.23. The Balaban J connectivity index is 2.19. The fraction of sp³-hybridized carbons (Fsp3) is 0.667. The zero-order chi connectivity index (χ0) is 13.6. The van der Waals surface area contributed by atoms with Crippen LogP contribution in [0.15, 0.2) is 12.4 Å². The quantitative estimate of drug-likeness (QED) is 0.787. The summed E-state index contributed by atoms with van der Waals surface area (Å²) >= 11 is 0. The van der Waals surface area contributed by atoms with Crippen molar-refractivity contribution in [1.29, 1.82) is 0 Å². The lowest BCUT2D eigenvalue weighted by molar-refractivity contribution is 0.00578. The molecule has 5 nitrogen and oxygen atoms in total. The Hall–Kier alpha value is -0.975. The smallest absolute Gasteiger partial charge is 0.399 e. The minimum Gasteiger partial charge on any atom is -0.399 e. The van der Waals surface area contributed by atoms with Crippen molar-refractivity contribution in [1.82, 2.24) is 9.97 Å². The molecule has 0 spiro atoms. The number of aromatic nitrogens is 2. The van der Waals surface area contributed by atoms with Crippen molar-refractivity contribution in [3.63, 3.8) is 0 Å². The molecule has 0 bridgehead atoms. The van der Waals surface area contributed by atoms with Crippen molar-refractivity contribution >= 4 is 12.6 Å². The maximum Gasteiger partial charge on any atom is 0.498 e. The highest BCUT2D eigenvalue weighted by Gasteiger charge is 2.51. The van der Waals surface area contributed by atoms with Gasteiger partial charge in [0, 0.05) is 17.9 Å². The lowest BCUT2D eigenvalue weighted by Crippen LogP contribution is -2.41. The average Bonchev–Trinajstić information content (AvgIpc) is 2.48. The number of aliphatic hydroxyl groups excluding tert-OH is 1. The van der Waals surface area contributed by atoms with Crippen LogP contribution in [-0.2, 0) is 9.31 Å². The molecule has 6 heteroatoms. The zero-order valence-electron chi connectivity index (χ0n) is 11.5. The Morgan fingerprint density at radius 3 is 1.94 bits per heavy atom. The van der Waals surface area contributed by atoms with Crippen LogP contribution < -0.4 is 5.46 Å². The predicted molar refractivity (Wildman–Crippen MR) is 68.4 cm³/mol. The summed E-state index contributed by atoms with van der Waals surface area (Å²) < 4.78 is 11.8. The fourth-order valence-corrected chi connectivity index (χ4v) is 1.66. The lowest BCUT2D eigenvalue weighted by Gasteiger charge is -2.32. The molecule has 0 amide bonds. The predicted octanol–water partition coefficient (Wildman–Crippen LogP) is 0.829. The van der Waals surface area contributed by atoms with E-state index in [1.165, 1.54) is 0 Å². The summed E-state index contributed by atoms with van der Waals surface area (Å²) in [4.78, 5) is 8.19. The third-order valence-corrected chi connectivity index (χ3v) is 3.59. The minimum absolute atomic E-state index is 0.374. The maximum atomic E-state index is 9.36. The molecular formula is C12H19BN2O3. The van der Waals surface area contributed by atoms with Gasteiger partial charge < -0.3 is 14.4 Å². The van der Waals surface area contributed by atoms with Crippen molar-refractivity contribution < 1.29 is 14.4 Å². The van der Waals surface area contributed by atoms with E-state index in [4.69, 9.17) is 9.31 Å². The molecule has 1 saturated heterocycles. The van der Waals surface area contributed by atoms with Crippen LogP contribution in [0.2, 0.25) is 0 Å². The molecule has 2 rings (SSSR count). The zero-order valence-corrected chi connectivity index (χ0v) is 11.5. The molecule has 1 aromatic heterocycles. The fourth-order valence-electron chi connectivity index (χ4n) is 1.66. The first-order valence-electron chi connectivity index (χ1n) is 6.08. The van der Waals surface area contributed by atoms with Gasteiger partial charge in [-0.1, -0.05) is 0 Å². The van der Waals surface area contributed by atoms with Gasteiger partial charge in [-0.15, -0.1) is 0 Å². The first kappa shape index (κ1) is 13.5. The van der Waals surface area contributed by atoms with E-state index in [-0.39, 0.29) is 11.2 Å². The Labute approximate surface area is 108 Å². The third kappa shape index (κ3) is 2.28. The van der Waals surface area contributed by atoms with Crippen LogP contribution in [-0.4, -0.2) is 33.4 Å². The van der Waals surface area contributed by atoms with Crippen LogP contribution in [0.5, 0.6) is 0 Å². The second-order valence-corrected chi connectivity index (χ2v) is 5.64. The number of nitrogens with zero attached hydrogens (tertiary/aromatic N) is 2. The molecule has 0 radical (unpaired) electrons. The monoisotopic (exact) mass is 250 g/mol. The van der Waals surface area contributed by atoms with Gasteiger partial charge in [0.05, 0.1) is 11.2 Å².